The Hall–Kier alpha value is -3.80. The van der Waals surface area contributed by atoms with Crippen LogP contribution in [0.2, 0.25) is 0 Å². The predicted octanol–water partition coefficient (Wildman–Crippen LogP) is 1.77. The lowest BCUT2D eigenvalue weighted by molar-refractivity contribution is 0.152. The molecule has 2 aromatic heterocycles. The number of rotatable bonds is 13. The van der Waals surface area contributed by atoms with Crippen molar-refractivity contribution in [2.75, 3.05) is 39.1 Å². The lowest BCUT2D eigenvalue weighted by Crippen LogP contribution is -2.26. The fraction of sp³-hybridized carbons (Fsp3) is 0.478. The highest BCUT2D eigenvalue weighted by Gasteiger charge is 2.16. The molecule has 0 aliphatic rings. The van der Waals surface area contributed by atoms with E-state index in [0.717, 1.165) is 30.5 Å². The maximum atomic E-state index is 12.6. The number of nitrogens with zero attached hydrogens (tertiary/aromatic N) is 3. The molecule has 5 N–H and O–H groups in total. The van der Waals surface area contributed by atoms with Crippen LogP contribution in [-0.2, 0) is 17.8 Å². The Labute approximate surface area is 203 Å². The molecule has 0 bridgehead atoms. The molecule has 0 unspecified atom stereocenters. The number of H-pyrrole nitrogens is 1. The molecule has 0 aliphatic heterocycles. The number of nitrogens with two attached hydrogens (primary N) is 1. The Kier molecular flexibility index (Phi) is 9.30. The van der Waals surface area contributed by atoms with E-state index in [0.29, 0.717) is 43.2 Å². The highest BCUT2D eigenvalue weighted by Crippen LogP contribution is 2.23. The molecular weight excluding hydrogens is 454 g/mol. The molecule has 0 radical (unpaired) electrons. The normalized spacial score (nSPS) is 10.9. The molecule has 1 amide bonds. The summed E-state index contributed by atoms with van der Waals surface area (Å²) in [5.74, 6) is 0.815. The maximum absolute atomic E-state index is 12.6. The molecule has 35 heavy (non-hydrogen) atoms. The summed E-state index contributed by atoms with van der Waals surface area (Å²) in [7, 11) is 1.60. The number of ether oxygens (including phenoxy) is 3. The van der Waals surface area contributed by atoms with Crippen molar-refractivity contribution < 1.29 is 19.0 Å². The number of carbonyl (C=O) groups excluding carboxylic acids is 1. The molecular formula is C23H33N7O5. The number of unbranched alkanes of at least 4 members (excludes halogenated alkanes) is 1. The third kappa shape index (κ3) is 6.85. The summed E-state index contributed by atoms with van der Waals surface area (Å²) >= 11 is 0. The van der Waals surface area contributed by atoms with Crippen LogP contribution in [0.1, 0.15) is 37.8 Å². The summed E-state index contributed by atoms with van der Waals surface area (Å²) in [6.45, 7) is 6.64. The van der Waals surface area contributed by atoms with Gasteiger partial charge in [0.2, 0.25) is 0 Å². The van der Waals surface area contributed by atoms with Gasteiger partial charge in [-0.3, -0.25) is 4.57 Å². The molecule has 2 heterocycles. The van der Waals surface area contributed by atoms with Crippen LogP contribution in [0.15, 0.2) is 23.0 Å². The lowest BCUT2D eigenvalue weighted by atomic mass is 10.1. The number of amides is 1. The highest BCUT2D eigenvalue weighted by atomic mass is 16.5. The van der Waals surface area contributed by atoms with E-state index in [-0.39, 0.29) is 30.2 Å². The Morgan fingerprint density at radius 3 is 2.71 bits per heavy atom. The fourth-order valence-corrected chi connectivity index (χ4v) is 3.55. The zero-order valence-electron chi connectivity index (χ0n) is 20.3. The van der Waals surface area contributed by atoms with Crippen LogP contribution in [-0.4, -0.2) is 59.0 Å². The van der Waals surface area contributed by atoms with Gasteiger partial charge in [-0.1, -0.05) is 12.1 Å². The second-order valence-electron chi connectivity index (χ2n) is 7.72. The van der Waals surface area contributed by atoms with Gasteiger partial charge in [0.1, 0.15) is 11.3 Å². The topological polar surface area (TPSA) is 158 Å². The number of anilines is 1. The molecule has 0 atom stereocenters. The van der Waals surface area contributed by atoms with E-state index in [1.807, 2.05) is 25.1 Å². The van der Waals surface area contributed by atoms with E-state index in [2.05, 4.69) is 25.6 Å². The van der Waals surface area contributed by atoms with Gasteiger partial charge in [-0.2, -0.15) is 9.97 Å². The minimum absolute atomic E-state index is 0.121. The van der Waals surface area contributed by atoms with Gasteiger partial charge in [-0.15, -0.1) is 0 Å². The second kappa shape index (κ2) is 12.6. The number of hydrogen-bond donors (Lipinski definition) is 4. The van der Waals surface area contributed by atoms with E-state index < -0.39 is 0 Å². The molecule has 190 valence electrons. The summed E-state index contributed by atoms with van der Waals surface area (Å²) < 4.78 is 17.3. The first-order chi connectivity index (χ1) is 17.0. The summed E-state index contributed by atoms with van der Waals surface area (Å²) in [5, 5.41) is 6.09. The van der Waals surface area contributed by atoms with E-state index in [1.54, 1.807) is 14.0 Å². The van der Waals surface area contributed by atoms with Crippen molar-refractivity contribution >= 4 is 23.1 Å². The van der Waals surface area contributed by atoms with Crippen LogP contribution in [0.5, 0.6) is 11.8 Å². The quantitative estimate of drug-likeness (QED) is 0.264. The van der Waals surface area contributed by atoms with Gasteiger partial charge in [0.25, 0.3) is 0 Å². The molecule has 1 aromatic carbocycles. The van der Waals surface area contributed by atoms with Gasteiger partial charge >= 0.3 is 17.8 Å². The van der Waals surface area contributed by atoms with Crippen LogP contribution < -0.4 is 31.5 Å². The van der Waals surface area contributed by atoms with E-state index in [4.69, 9.17) is 19.9 Å². The average molecular weight is 488 g/mol. The number of benzene rings is 1. The Morgan fingerprint density at radius 1 is 1.17 bits per heavy atom. The first kappa shape index (κ1) is 25.8. The van der Waals surface area contributed by atoms with E-state index >= 15 is 0 Å². The number of carbonyl (C=O) groups is 1. The molecule has 0 aliphatic carbocycles. The molecule has 12 nitrogen and oxygen atoms in total. The zero-order chi connectivity index (χ0) is 25.2. The first-order valence-corrected chi connectivity index (χ1v) is 11.6. The summed E-state index contributed by atoms with van der Waals surface area (Å²) in [5.41, 5.74) is 8.24. The van der Waals surface area contributed by atoms with Crippen molar-refractivity contribution in [2.45, 2.75) is 39.8 Å². The van der Waals surface area contributed by atoms with Gasteiger partial charge in [0, 0.05) is 18.7 Å². The summed E-state index contributed by atoms with van der Waals surface area (Å²) in [6.07, 6.45) is 1.39. The molecule has 3 rings (SSSR count). The minimum Gasteiger partial charge on any atom is -0.496 e. The van der Waals surface area contributed by atoms with Gasteiger partial charge < -0.3 is 35.6 Å². The van der Waals surface area contributed by atoms with Gasteiger partial charge in [-0.25, -0.2) is 9.59 Å². The van der Waals surface area contributed by atoms with Crippen LogP contribution in [0, 0.1) is 0 Å². The van der Waals surface area contributed by atoms with Crippen LogP contribution in [0.3, 0.4) is 0 Å². The number of imidazole rings is 1. The van der Waals surface area contributed by atoms with Crippen LogP contribution in [0.4, 0.5) is 10.6 Å². The van der Waals surface area contributed by atoms with Crippen LogP contribution in [0.25, 0.3) is 11.2 Å². The van der Waals surface area contributed by atoms with Crippen LogP contribution >= 0.6 is 0 Å². The van der Waals surface area contributed by atoms with Crippen molar-refractivity contribution in [3.05, 3.63) is 39.8 Å². The van der Waals surface area contributed by atoms with Crippen molar-refractivity contribution in [1.82, 2.24) is 30.2 Å². The number of hydrogen-bond acceptors (Lipinski definition) is 9. The van der Waals surface area contributed by atoms with E-state index in [1.165, 1.54) is 4.57 Å². The predicted molar refractivity (Wildman–Crippen MR) is 132 cm³/mol. The Balaban J connectivity index is 1.61. The molecule has 0 spiro atoms. The number of fused-ring (bicyclic) bond motifs is 1. The standard InChI is InChI=1S/C23H33N7O5/c1-4-34-21-28-19(24)18-20(29-21)30(22(31)27-18)14-16-9-8-15(12-17(16)33-3)13-25-10-6-7-11-26-23(32)35-5-2/h8-9,12,25H,4-7,10-11,13-14H2,1-3H3,(H,26,32)(H,27,31)(H2,24,28,29). The summed E-state index contributed by atoms with van der Waals surface area (Å²) in [4.78, 5) is 35.0. The Morgan fingerprint density at radius 2 is 1.97 bits per heavy atom. The third-order valence-corrected chi connectivity index (χ3v) is 5.24. The Bertz CT molecular complexity index is 1190. The molecule has 0 fully saturated rings. The van der Waals surface area contributed by atoms with Crippen molar-refractivity contribution in [3.63, 3.8) is 0 Å². The van der Waals surface area contributed by atoms with Crippen molar-refractivity contribution in [2.24, 2.45) is 0 Å². The SMILES string of the molecule is CCOC(=O)NCCCCNCc1ccc(Cn2c(=O)[nH]c3c(N)nc(OCC)nc32)c(OC)c1. The molecule has 3 aromatic rings. The largest absolute Gasteiger partial charge is 0.496 e. The maximum Gasteiger partial charge on any atom is 0.407 e. The average Bonchev–Trinajstić information content (AvgIpc) is 3.15. The van der Waals surface area contributed by atoms with E-state index in [9.17, 15) is 9.59 Å². The second-order valence-corrected chi connectivity index (χ2v) is 7.72. The highest BCUT2D eigenvalue weighted by molar-refractivity contribution is 5.82. The number of nitrogens with one attached hydrogen (secondary N) is 3. The number of alkyl carbamates (subject to hydrolysis) is 1. The molecule has 12 heteroatoms. The van der Waals surface area contributed by atoms with Gasteiger partial charge in [0.05, 0.1) is 26.9 Å². The van der Waals surface area contributed by atoms with Gasteiger partial charge in [0.15, 0.2) is 11.5 Å². The number of aromatic amines is 1. The molecule has 0 saturated heterocycles. The third-order valence-electron chi connectivity index (χ3n) is 5.24. The van der Waals surface area contributed by atoms with Crippen molar-refractivity contribution in [3.8, 4) is 11.8 Å². The fourth-order valence-electron chi connectivity index (χ4n) is 3.55. The zero-order valence-corrected chi connectivity index (χ0v) is 20.3. The first-order valence-electron chi connectivity index (χ1n) is 11.6. The smallest absolute Gasteiger partial charge is 0.407 e. The minimum atomic E-state index is -0.381. The monoisotopic (exact) mass is 487 g/mol. The number of aromatic nitrogens is 4. The van der Waals surface area contributed by atoms with Gasteiger partial charge in [-0.05, 0) is 44.9 Å². The number of nitrogen functional groups attached to an aromatic ring is 1. The summed E-state index contributed by atoms with van der Waals surface area (Å²) in [6, 6.07) is 5.98. The lowest BCUT2D eigenvalue weighted by Gasteiger charge is -2.12. The number of methoxy groups -OCH3 is 1. The molecule has 0 saturated carbocycles. The van der Waals surface area contributed by atoms with Crippen molar-refractivity contribution in [1.29, 1.82) is 0 Å².